The van der Waals surface area contributed by atoms with Gasteiger partial charge in [-0.3, -0.25) is 0 Å². The van der Waals surface area contributed by atoms with Crippen molar-refractivity contribution in [3.05, 3.63) is 35.9 Å². The molecular weight excluding hydrogens is 170 g/mol. The van der Waals surface area contributed by atoms with Crippen molar-refractivity contribution in [2.45, 2.75) is 20.3 Å². The molecule has 0 bridgehead atoms. The Hall–Kier alpha value is -1.26. The minimum Gasteiger partial charge on any atom is -0.330 e. The summed E-state index contributed by atoms with van der Waals surface area (Å²) in [5.74, 6) is 6.29. The van der Waals surface area contributed by atoms with Crippen LogP contribution >= 0.6 is 0 Å². The van der Waals surface area contributed by atoms with Gasteiger partial charge in [0.1, 0.15) is 0 Å². The van der Waals surface area contributed by atoms with Crippen molar-refractivity contribution in [3.63, 3.8) is 0 Å². The molecule has 0 saturated carbocycles. The minimum atomic E-state index is 0.127. The molecule has 1 nitrogen and oxygen atoms in total. The molecule has 0 heterocycles. The maximum Gasteiger partial charge on any atom is 0.0245 e. The Morgan fingerprint density at radius 3 is 2.43 bits per heavy atom. The summed E-state index contributed by atoms with van der Waals surface area (Å²) in [7, 11) is 0. The SMILES string of the molecule is CC(C)(CN)CC#Cc1ccccc1. The lowest BCUT2D eigenvalue weighted by molar-refractivity contribution is 0.391. The summed E-state index contributed by atoms with van der Waals surface area (Å²) in [6.07, 6.45) is 0.846. The Morgan fingerprint density at radius 1 is 1.21 bits per heavy atom. The Bertz CT molecular complexity index is 327. The van der Waals surface area contributed by atoms with Crippen molar-refractivity contribution in [2.75, 3.05) is 6.54 Å². The molecular formula is C13H17N. The molecule has 0 amide bonds. The van der Waals surface area contributed by atoms with Crippen LogP contribution in [0.25, 0.3) is 0 Å². The third-order valence-electron chi connectivity index (χ3n) is 2.13. The second-order valence-corrected chi connectivity index (χ2v) is 4.21. The minimum absolute atomic E-state index is 0.127. The van der Waals surface area contributed by atoms with E-state index in [4.69, 9.17) is 5.73 Å². The van der Waals surface area contributed by atoms with Gasteiger partial charge in [0.15, 0.2) is 0 Å². The van der Waals surface area contributed by atoms with E-state index in [2.05, 4.69) is 25.7 Å². The number of nitrogens with two attached hydrogens (primary N) is 1. The number of rotatable bonds is 2. The molecule has 0 atom stereocenters. The summed E-state index contributed by atoms with van der Waals surface area (Å²) < 4.78 is 0. The zero-order valence-electron chi connectivity index (χ0n) is 8.88. The third-order valence-corrected chi connectivity index (χ3v) is 2.13. The molecule has 1 aromatic rings. The number of hydrogen-bond acceptors (Lipinski definition) is 1. The molecule has 0 aliphatic rings. The molecule has 2 N–H and O–H groups in total. The molecule has 1 aromatic carbocycles. The van der Waals surface area contributed by atoms with E-state index in [9.17, 15) is 0 Å². The summed E-state index contributed by atoms with van der Waals surface area (Å²) in [4.78, 5) is 0. The predicted molar refractivity (Wildman–Crippen MR) is 60.8 cm³/mol. The van der Waals surface area contributed by atoms with E-state index in [1.165, 1.54) is 0 Å². The fraction of sp³-hybridized carbons (Fsp3) is 0.385. The van der Waals surface area contributed by atoms with Crippen molar-refractivity contribution >= 4 is 0 Å². The highest BCUT2D eigenvalue weighted by Crippen LogP contribution is 2.16. The Kier molecular flexibility index (Phi) is 3.73. The Labute approximate surface area is 86.3 Å². The predicted octanol–water partition coefficient (Wildman–Crippen LogP) is 2.41. The third kappa shape index (κ3) is 3.64. The van der Waals surface area contributed by atoms with Gasteiger partial charge < -0.3 is 5.73 Å². The largest absolute Gasteiger partial charge is 0.330 e. The second kappa shape index (κ2) is 4.83. The van der Waals surface area contributed by atoms with Gasteiger partial charge in [0.2, 0.25) is 0 Å². The van der Waals surface area contributed by atoms with Crippen LogP contribution in [0.2, 0.25) is 0 Å². The summed E-state index contributed by atoms with van der Waals surface area (Å²) in [5.41, 5.74) is 6.81. The summed E-state index contributed by atoms with van der Waals surface area (Å²) in [5, 5.41) is 0. The summed E-state index contributed by atoms with van der Waals surface area (Å²) in [6, 6.07) is 10.0. The van der Waals surface area contributed by atoms with Crippen molar-refractivity contribution in [1.29, 1.82) is 0 Å². The number of hydrogen-bond donors (Lipinski definition) is 1. The highest BCUT2D eigenvalue weighted by Gasteiger charge is 2.12. The van der Waals surface area contributed by atoms with Gasteiger partial charge in [-0.1, -0.05) is 43.9 Å². The molecule has 0 spiro atoms. The van der Waals surface area contributed by atoms with Crippen LogP contribution < -0.4 is 5.73 Å². The molecule has 0 aliphatic carbocycles. The van der Waals surface area contributed by atoms with E-state index >= 15 is 0 Å². The summed E-state index contributed by atoms with van der Waals surface area (Å²) >= 11 is 0. The van der Waals surface area contributed by atoms with Gasteiger partial charge in [-0.05, 0) is 24.1 Å². The van der Waals surface area contributed by atoms with E-state index in [1.54, 1.807) is 0 Å². The first kappa shape index (κ1) is 10.8. The lowest BCUT2D eigenvalue weighted by Crippen LogP contribution is -2.22. The quantitative estimate of drug-likeness (QED) is 0.707. The summed E-state index contributed by atoms with van der Waals surface area (Å²) in [6.45, 7) is 4.94. The highest BCUT2D eigenvalue weighted by molar-refractivity contribution is 5.33. The van der Waals surface area contributed by atoms with E-state index < -0.39 is 0 Å². The van der Waals surface area contributed by atoms with Gasteiger partial charge in [-0.2, -0.15) is 0 Å². The van der Waals surface area contributed by atoms with Crippen molar-refractivity contribution in [1.82, 2.24) is 0 Å². The van der Waals surface area contributed by atoms with Crippen LogP contribution in [0, 0.1) is 17.3 Å². The van der Waals surface area contributed by atoms with Crippen molar-refractivity contribution in [3.8, 4) is 11.8 Å². The maximum atomic E-state index is 5.62. The van der Waals surface area contributed by atoms with Gasteiger partial charge in [-0.25, -0.2) is 0 Å². The molecule has 0 aromatic heterocycles. The molecule has 14 heavy (non-hydrogen) atoms. The molecule has 0 fully saturated rings. The molecule has 0 aliphatic heterocycles. The van der Waals surface area contributed by atoms with E-state index in [-0.39, 0.29) is 5.41 Å². The average Bonchev–Trinajstić information content (AvgIpc) is 2.19. The maximum absolute atomic E-state index is 5.62. The van der Waals surface area contributed by atoms with Crippen LogP contribution in [0.4, 0.5) is 0 Å². The van der Waals surface area contributed by atoms with E-state index in [0.717, 1.165) is 12.0 Å². The zero-order valence-corrected chi connectivity index (χ0v) is 8.88. The van der Waals surface area contributed by atoms with Crippen molar-refractivity contribution < 1.29 is 0 Å². The van der Waals surface area contributed by atoms with E-state index in [0.29, 0.717) is 6.54 Å². The number of benzene rings is 1. The van der Waals surface area contributed by atoms with Crippen LogP contribution in [-0.4, -0.2) is 6.54 Å². The monoisotopic (exact) mass is 187 g/mol. The lowest BCUT2D eigenvalue weighted by atomic mass is 9.90. The molecule has 74 valence electrons. The van der Waals surface area contributed by atoms with Crippen LogP contribution in [0.3, 0.4) is 0 Å². The second-order valence-electron chi connectivity index (χ2n) is 4.21. The average molecular weight is 187 g/mol. The first-order chi connectivity index (χ1) is 6.64. The van der Waals surface area contributed by atoms with Crippen molar-refractivity contribution in [2.24, 2.45) is 11.1 Å². The first-order valence-corrected chi connectivity index (χ1v) is 4.88. The van der Waals surface area contributed by atoms with Gasteiger partial charge in [0, 0.05) is 12.0 Å². The normalized spacial score (nSPS) is 10.5. The smallest absolute Gasteiger partial charge is 0.0245 e. The fourth-order valence-electron chi connectivity index (χ4n) is 0.979. The highest BCUT2D eigenvalue weighted by atomic mass is 14.6. The Morgan fingerprint density at radius 2 is 1.86 bits per heavy atom. The molecule has 1 heteroatoms. The molecule has 1 rings (SSSR count). The first-order valence-electron chi connectivity index (χ1n) is 4.88. The fourth-order valence-corrected chi connectivity index (χ4v) is 0.979. The molecule has 0 radical (unpaired) electrons. The lowest BCUT2D eigenvalue weighted by Gasteiger charge is -2.17. The van der Waals surface area contributed by atoms with Gasteiger partial charge in [0.25, 0.3) is 0 Å². The van der Waals surface area contributed by atoms with Gasteiger partial charge in [-0.15, -0.1) is 0 Å². The van der Waals surface area contributed by atoms with Gasteiger partial charge >= 0.3 is 0 Å². The standard InChI is InChI=1S/C13H17N/c1-13(2,11-14)10-6-9-12-7-4-3-5-8-12/h3-5,7-8H,10-11,14H2,1-2H3. The van der Waals surface area contributed by atoms with Gasteiger partial charge in [0.05, 0.1) is 0 Å². The molecule has 0 unspecified atom stereocenters. The van der Waals surface area contributed by atoms with Crippen LogP contribution in [-0.2, 0) is 0 Å². The Balaban J connectivity index is 2.58. The molecule has 0 saturated heterocycles. The topological polar surface area (TPSA) is 26.0 Å². The van der Waals surface area contributed by atoms with Crippen LogP contribution in [0.15, 0.2) is 30.3 Å². The van der Waals surface area contributed by atoms with Crippen LogP contribution in [0.5, 0.6) is 0 Å². The zero-order chi connectivity index (χ0) is 10.4. The van der Waals surface area contributed by atoms with Crippen LogP contribution in [0.1, 0.15) is 25.8 Å². The van der Waals surface area contributed by atoms with E-state index in [1.807, 2.05) is 30.3 Å².